The molecule has 2 heterocycles. The van der Waals surface area contributed by atoms with E-state index in [0.29, 0.717) is 0 Å². The van der Waals surface area contributed by atoms with Crippen LogP contribution in [0.1, 0.15) is 22.7 Å². The summed E-state index contributed by atoms with van der Waals surface area (Å²) < 4.78 is 0. The van der Waals surface area contributed by atoms with Gasteiger partial charge in [0.2, 0.25) is 5.28 Å². The van der Waals surface area contributed by atoms with Crippen LogP contribution in [0.5, 0.6) is 0 Å². The van der Waals surface area contributed by atoms with E-state index < -0.39 is 0 Å². The molecule has 0 fully saturated rings. The Morgan fingerprint density at radius 2 is 2.19 bits per heavy atom. The van der Waals surface area contributed by atoms with E-state index in [2.05, 4.69) is 41.3 Å². The SMILES string of the molecule is Cc1ccc(C(C)Nc2ccnc(Cl)n2)s1. The number of rotatable bonds is 3. The highest BCUT2D eigenvalue weighted by Crippen LogP contribution is 2.25. The highest BCUT2D eigenvalue weighted by molar-refractivity contribution is 7.12. The first kappa shape index (κ1) is 11.4. The molecule has 1 unspecified atom stereocenters. The Morgan fingerprint density at radius 1 is 1.38 bits per heavy atom. The van der Waals surface area contributed by atoms with Gasteiger partial charge in [-0.25, -0.2) is 9.97 Å². The fraction of sp³-hybridized carbons (Fsp3) is 0.273. The van der Waals surface area contributed by atoms with Gasteiger partial charge in [0.1, 0.15) is 5.82 Å². The van der Waals surface area contributed by atoms with Crippen molar-refractivity contribution in [3.63, 3.8) is 0 Å². The van der Waals surface area contributed by atoms with Gasteiger partial charge in [-0.05, 0) is 43.6 Å². The molecular formula is C11H12ClN3S. The van der Waals surface area contributed by atoms with E-state index in [0.717, 1.165) is 5.82 Å². The van der Waals surface area contributed by atoms with Gasteiger partial charge >= 0.3 is 0 Å². The average Bonchev–Trinajstić information content (AvgIpc) is 2.65. The Balaban J connectivity index is 2.10. The summed E-state index contributed by atoms with van der Waals surface area (Å²) in [4.78, 5) is 10.5. The number of nitrogens with one attached hydrogen (secondary N) is 1. The molecule has 0 saturated heterocycles. The minimum atomic E-state index is 0.227. The zero-order valence-electron chi connectivity index (χ0n) is 9.07. The number of hydrogen-bond acceptors (Lipinski definition) is 4. The van der Waals surface area contributed by atoms with Crippen LogP contribution in [-0.2, 0) is 0 Å². The Hall–Kier alpha value is -1.13. The fourth-order valence-corrected chi connectivity index (χ4v) is 2.42. The second-order valence-electron chi connectivity index (χ2n) is 3.53. The van der Waals surface area contributed by atoms with Crippen LogP contribution < -0.4 is 5.32 Å². The molecule has 0 amide bonds. The van der Waals surface area contributed by atoms with E-state index in [-0.39, 0.29) is 11.3 Å². The van der Waals surface area contributed by atoms with Crippen molar-refractivity contribution in [2.45, 2.75) is 19.9 Å². The smallest absolute Gasteiger partial charge is 0.224 e. The first-order valence-corrected chi connectivity index (χ1v) is 6.16. The van der Waals surface area contributed by atoms with Crippen LogP contribution in [0, 0.1) is 6.92 Å². The van der Waals surface area contributed by atoms with Gasteiger partial charge in [0.15, 0.2) is 0 Å². The summed E-state index contributed by atoms with van der Waals surface area (Å²) in [5, 5.41) is 3.55. The van der Waals surface area contributed by atoms with Gasteiger partial charge in [-0.15, -0.1) is 11.3 Å². The molecule has 5 heteroatoms. The van der Waals surface area contributed by atoms with Crippen molar-refractivity contribution in [3.8, 4) is 0 Å². The van der Waals surface area contributed by atoms with Crippen LogP contribution in [0.4, 0.5) is 5.82 Å². The van der Waals surface area contributed by atoms with Crippen molar-refractivity contribution in [2.75, 3.05) is 5.32 Å². The standard InChI is InChI=1S/C11H12ClN3S/c1-7-3-4-9(16-7)8(2)14-10-5-6-13-11(12)15-10/h3-6,8H,1-2H3,(H,13,14,15). The minimum Gasteiger partial charge on any atom is -0.363 e. The number of anilines is 1. The Bertz CT molecular complexity index is 484. The Labute approximate surface area is 104 Å². The summed E-state index contributed by atoms with van der Waals surface area (Å²) in [6.07, 6.45) is 1.64. The molecule has 16 heavy (non-hydrogen) atoms. The van der Waals surface area contributed by atoms with Crippen molar-refractivity contribution < 1.29 is 0 Å². The lowest BCUT2D eigenvalue weighted by atomic mass is 10.3. The summed E-state index contributed by atoms with van der Waals surface area (Å²) in [5.74, 6) is 0.749. The maximum Gasteiger partial charge on any atom is 0.224 e. The highest BCUT2D eigenvalue weighted by Gasteiger charge is 2.08. The molecule has 1 atom stereocenters. The van der Waals surface area contributed by atoms with Gasteiger partial charge in [-0.2, -0.15) is 0 Å². The average molecular weight is 254 g/mol. The number of aromatic nitrogens is 2. The summed E-state index contributed by atoms with van der Waals surface area (Å²) in [5.41, 5.74) is 0. The summed E-state index contributed by atoms with van der Waals surface area (Å²) in [7, 11) is 0. The van der Waals surface area contributed by atoms with E-state index in [4.69, 9.17) is 11.6 Å². The van der Waals surface area contributed by atoms with E-state index in [1.54, 1.807) is 17.5 Å². The first-order chi connectivity index (χ1) is 7.65. The van der Waals surface area contributed by atoms with Crippen LogP contribution in [0.25, 0.3) is 0 Å². The van der Waals surface area contributed by atoms with Gasteiger partial charge in [-0.1, -0.05) is 0 Å². The largest absolute Gasteiger partial charge is 0.363 e. The molecule has 84 valence electrons. The van der Waals surface area contributed by atoms with Crippen LogP contribution in [0.2, 0.25) is 5.28 Å². The maximum absolute atomic E-state index is 5.72. The molecule has 0 bridgehead atoms. The zero-order chi connectivity index (χ0) is 11.5. The lowest BCUT2D eigenvalue weighted by Crippen LogP contribution is -2.06. The topological polar surface area (TPSA) is 37.8 Å². The quantitative estimate of drug-likeness (QED) is 0.848. The third-order valence-electron chi connectivity index (χ3n) is 2.18. The maximum atomic E-state index is 5.72. The van der Waals surface area contributed by atoms with Gasteiger partial charge in [0.05, 0.1) is 6.04 Å². The molecule has 0 aromatic carbocycles. The van der Waals surface area contributed by atoms with Gasteiger partial charge in [-0.3, -0.25) is 0 Å². The second kappa shape index (κ2) is 4.80. The zero-order valence-corrected chi connectivity index (χ0v) is 10.6. The van der Waals surface area contributed by atoms with Crippen molar-refractivity contribution in [3.05, 3.63) is 39.4 Å². The van der Waals surface area contributed by atoms with E-state index in [9.17, 15) is 0 Å². The summed E-state index contributed by atoms with van der Waals surface area (Å²) >= 11 is 7.50. The number of halogens is 1. The van der Waals surface area contributed by atoms with Crippen LogP contribution in [0.15, 0.2) is 24.4 Å². The molecule has 0 radical (unpaired) electrons. The third kappa shape index (κ3) is 2.71. The molecular weight excluding hydrogens is 242 g/mol. The monoisotopic (exact) mass is 253 g/mol. The first-order valence-electron chi connectivity index (χ1n) is 4.96. The van der Waals surface area contributed by atoms with E-state index >= 15 is 0 Å². The highest BCUT2D eigenvalue weighted by atomic mass is 35.5. The minimum absolute atomic E-state index is 0.227. The van der Waals surface area contributed by atoms with Crippen molar-refractivity contribution in [2.24, 2.45) is 0 Å². The molecule has 2 rings (SSSR count). The van der Waals surface area contributed by atoms with E-state index in [1.165, 1.54) is 9.75 Å². The number of hydrogen-bond donors (Lipinski definition) is 1. The summed E-state index contributed by atoms with van der Waals surface area (Å²) in [6.45, 7) is 4.20. The van der Waals surface area contributed by atoms with Gasteiger partial charge in [0, 0.05) is 16.0 Å². The van der Waals surface area contributed by atoms with Crippen LogP contribution in [-0.4, -0.2) is 9.97 Å². The lowest BCUT2D eigenvalue weighted by Gasteiger charge is -2.12. The molecule has 2 aromatic rings. The molecule has 1 N–H and O–H groups in total. The number of nitrogens with zero attached hydrogens (tertiary/aromatic N) is 2. The normalized spacial score (nSPS) is 12.4. The van der Waals surface area contributed by atoms with Crippen molar-refractivity contribution in [1.82, 2.24) is 9.97 Å². The van der Waals surface area contributed by atoms with E-state index in [1.807, 2.05) is 6.07 Å². The molecule has 0 aliphatic heterocycles. The van der Waals surface area contributed by atoms with Gasteiger partial charge in [0.25, 0.3) is 0 Å². The van der Waals surface area contributed by atoms with Crippen LogP contribution >= 0.6 is 22.9 Å². The number of thiophene rings is 1. The Morgan fingerprint density at radius 3 is 2.81 bits per heavy atom. The van der Waals surface area contributed by atoms with Crippen LogP contribution in [0.3, 0.4) is 0 Å². The molecule has 0 aliphatic rings. The molecule has 0 aliphatic carbocycles. The summed E-state index contributed by atoms with van der Waals surface area (Å²) in [6, 6.07) is 6.28. The molecule has 3 nitrogen and oxygen atoms in total. The predicted molar refractivity (Wildman–Crippen MR) is 68.1 cm³/mol. The van der Waals surface area contributed by atoms with Crippen molar-refractivity contribution in [1.29, 1.82) is 0 Å². The predicted octanol–water partition coefficient (Wildman–Crippen LogP) is 3.67. The van der Waals surface area contributed by atoms with Gasteiger partial charge < -0.3 is 5.32 Å². The Kier molecular flexibility index (Phi) is 3.41. The fourth-order valence-electron chi connectivity index (χ4n) is 1.39. The third-order valence-corrected chi connectivity index (χ3v) is 3.54. The molecule has 0 saturated carbocycles. The second-order valence-corrected chi connectivity index (χ2v) is 5.18. The molecule has 0 spiro atoms. The number of aryl methyl sites for hydroxylation is 1. The lowest BCUT2D eigenvalue weighted by molar-refractivity contribution is 0.893. The van der Waals surface area contributed by atoms with Crippen molar-refractivity contribution >= 4 is 28.8 Å². The molecule has 2 aromatic heterocycles.